The zero-order valence-corrected chi connectivity index (χ0v) is 12.1. The standard InChI is InChI=1S/C16H18ClFN2/c1-2-20(13-6-4-3-5-7-13)16(11-19)12-8-9-14(17)15(18)10-12/h3-10,16H,2,11,19H2,1H3. The van der Waals surface area contributed by atoms with Gasteiger partial charge in [-0.3, -0.25) is 0 Å². The van der Waals surface area contributed by atoms with E-state index in [2.05, 4.69) is 11.8 Å². The number of nitrogens with zero attached hydrogens (tertiary/aromatic N) is 1. The van der Waals surface area contributed by atoms with E-state index in [9.17, 15) is 4.39 Å². The first-order valence-corrected chi connectivity index (χ1v) is 7.01. The molecule has 0 heterocycles. The molecular weight excluding hydrogens is 275 g/mol. The molecule has 0 amide bonds. The molecule has 2 aromatic rings. The lowest BCUT2D eigenvalue weighted by molar-refractivity contribution is 0.608. The Labute approximate surface area is 124 Å². The van der Waals surface area contributed by atoms with Crippen molar-refractivity contribution in [1.29, 1.82) is 0 Å². The molecular formula is C16H18ClFN2. The number of para-hydroxylation sites is 1. The number of rotatable bonds is 5. The summed E-state index contributed by atoms with van der Waals surface area (Å²) in [5.41, 5.74) is 7.81. The molecule has 0 spiro atoms. The average molecular weight is 293 g/mol. The summed E-state index contributed by atoms with van der Waals surface area (Å²) >= 11 is 5.74. The molecule has 0 bridgehead atoms. The molecule has 0 fully saturated rings. The van der Waals surface area contributed by atoms with Gasteiger partial charge in [-0.15, -0.1) is 0 Å². The Kier molecular flexibility index (Phi) is 4.99. The van der Waals surface area contributed by atoms with Crippen molar-refractivity contribution >= 4 is 17.3 Å². The minimum absolute atomic E-state index is 0.0748. The molecule has 2 aromatic carbocycles. The van der Waals surface area contributed by atoms with Crippen molar-refractivity contribution in [3.8, 4) is 0 Å². The van der Waals surface area contributed by atoms with Crippen LogP contribution in [0.4, 0.5) is 10.1 Å². The average Bonchev–Trinajstić information content (AvgIpc) is 2.48. The zero-order valence-electron chi connectivity index (χ0n) is 11.4. The van der Waals surface area contributed by atoms with Crippen LogP contribution in [0.2, 0.25) is 5.02 Å². The summed E-state index contributed by atoms with van der Waals surface area (Å²) in [6, 6.07) is 14.8. The van der Waals surface area contributed by atoms with Gasteiger partial charge in [0.2, 0.25) is 0 Å². The quantitative estimate of drug-likeness (QED) is 0.902. The zero-order chi connectivity index (χ0) is 14.5. The molecule has 0 aliphatic carbocycles. The molecule has 0 radical (unpaired) electrons. The number of benzene rings is 2. The molecule has 1 atom stereocenters. The molecule has 1 unspecified atom stereocenters. The lowest BCUT2D eigenvalue weighted by atomic mass is 10.0. The largest absolute Gasteiger partial charge is 0.363 e. The van der Waals surface area contributed by atoms with Gasteiger partial charge in [-0.2, -0.15) is 0 Å². The van der Waals surface area contributed by atoms with E-state index in [-0.39, 0.29) is 11.1 Å². The Balaban J connectivity index is 2.36. The van der Waals surface area contributed by atoms with Crippen LogP contribution >= 0.6 is 11.6 Å². The Morgan fingerprint density at radius 3 is 2.45 bits per heavy atom. The summed E-state index contributed by atoms with van der Waals surface area (Å²) in [6.07, 6.45) is 0. The fourth-order valence-electron chi connectivity index (χ4n) is 2.37. The van der Waals surface area contributed by atoms with Gasteiger partial charge in [0.25, 0.3) is 0 Å². The van der Waals surface area contributed by atoms with E-state index in [0.29, 0.717) is 6.54 Å². The highest BCUT2D eigenvalue weighted by Gasteiger charge is 2.19. The molecule has 2 rings (SSSR count). The van der Waals surface area contributed by atoms with Gasteiger partial charge in [0.05, 0.1) is 11.1 Å². The van der Waals surface area contributed by atoms with E-state index in [1.54, 1.807) is 6.07 Å². The van der Waals surface area contributed by atoms with Crippen molar-refractivity contribution in [1.82, 2.24) is 0 Å². The summed E-state index contributed by atoms with van der Waals surface area (Å²) in [5, 5.41) is 0.132. The topological polar surface area (TPSA) is 29.3 Å². The molecule has 4 heteroatoms. The van der Waals surface area contributed by atoms with E-state index in [1.165, 1.54) is 6.07 Å². The van der Waals surface area contributed by atoms with Crippen LogP contribution < -0.4 is 10.6 Å². The molecule has 2 N–H and O–H groups in total. The monoisotopic (exact) mass is 292 g/mol. The lowest BCUT2D eigenvalue weighted by Gasteiger charge is -2.32. The molecule has 0 aromatic heterocycles. The van der Waals surface area contributed by atoms with Crippen molar-refractivity contribution in [2.24, 2.45) is 5.73 Å². The second kappa shape index (κ2) is 6.73. The Bertz CT molecular complexity index is 560. The Morgan fingerprint density at radius 2 is 1.90 bits per heavy atom. The Morgan fingerprint density at radius 1 is 1.20 bits per heavy atom. The third kappa shape index (κ3) is 3.11. The maximum atomic E-state index is 13.7. The fraction of sp³-hybridized carbons (Fsp3) is 0.250. The van der Waals surface area contributed by atoms with Crippen LogP contribution in [0, 0.1) is 5.82 Å². The number of hydrogen-bond acceptors (Lipinski definition) is 2. The van der Waals surface area contributed by atoms with Gasteiger partial charge in [0.15, 0.2) is 0 Å². The van der Waals surface area contributed by atoms with Crippen molar-refractivity contribution < 1.29 is 4.39 Å². The number of likely N-dealkylation sites (N-methyl/N-ethyl adjacent to an activating group) is 1. The SMILES string of the molecule is CCN(c1ccccc1)C(CN)c1ccc(Cl)c(F)c1. The van der Waals surface area contributed by atoms with Gasteiger partial charge < -0.3 is 10.6 Å². The van der Waals surface area contributed by atoms with Crippen LogP contribution in [0.25, 0.3) is 0 Å². The predicted octanol–water partition coefficient (Wildman–Crippen LogP) is 4.01. The molecule has 0 aliphatic heterocycles. The maximum absolute atomic E-state index is 13.7. The highest BCUT2D eigenvalue weighted by atomic mass is 35.5. The molecule has 106 valence electrons. The minimum Gasteiger partial charge on any atom is -0.363 e. The number of hydrogen-bond donors (Lipinski definition) is 1. The minimum atomic E-state index is -0.410. The maximum Gasteiger partial charge on any atom is 0.142 e. The summed E-state index contributed by atoms with van der Waals surface area (Å²) in [4.78, 5) is 2.16. The molecule has 0 saturated heterocycles. The first kappa shape index (κ1) is 14.8. The van der Waals surface area contributed by atoms with Gasteiger partial charge in [0.1, 0.15) is 5.82 Å². The molecule has 0 aliphatic rings. The highest BCUT2D eigenvalue weighted by molar-refractivity contribution is 6.30. The van der Waals surface area contributed by atoms with Crippen molar-refractivity contribution in [3.63, 3.8) is 0 Å². The van der Waals surface area contributed by atoms with Crippen LogP contribution in [-0.4, -0.2) is 13.1 Å². The number of anilines is 1. The first-order chi connectivity index (χ1) is 9.67. The van der Waals surface area contributed by atoms with Crippen LogP contribution in [0.5, 0.6) is 0 Å². The van der Waals surface area contributed by atoms with Crippen LogP contribution in [0.3, 0.4) is 0 Å². The Hall–Kier alpha value is -1.58. The van der Waals surface area contributed by atoms with Crippen molar-refractivity contribution in [2.45, 2.75) is 13.0 Å². The second-order valence-corrected chi connectivity index (χ2v) is 4.95. The second-order valence-electron chi connectivity index (χ2n) is 4.55. The lowest BCUT2D eigenvalue weighted by Crippen LogP contribution is -2.33. The summed E-state index contributed by atoms with van der Waals surface area (Å²) in [5.74, 6) is -0.410. The number of halogens is 2. The van der Waals surface area contributed by atoms with Gasteiger partial charge in [0, 0.05) is 18.8 Å². The van der Waals surface area contributed by atoms with Crippen LogP contribution in [0.15, 0.2) is 48.5 Å². The summed E-state index contributed by atoms with van der Waals surface area (Å²) in [7, 11) is 0. The van der Waals surface area contributed by atoms with Gasteiger partial charge in [-0.05, 0) is 36.8 Å². The van der Waals surface area contributed by atoms with Crippen LogP contribution in [-0.2, 0) is 0 Å². The fourth-order valence-corrected chi connectivity index (χ4v) is 2.48. The van der Waals surface area contributed by atoms with E-state index < -0.39 is 5.82 Å². The van der Waals surface area contributed by atoms with Crippen molar-refractivity contribution in [3.05, 3.63) is 64.9 Å². The molecule has 2 nitrogen and oxygen atoms in total. The third-order valence-electron chi connectivity index (χ3n) is 3.36. The van der Waals surface area contributed by atoms with E-state index >= 15 is 0 Å². The van der Waals surface area contributed by atoms with Gasteiger partial charge >= 0.3 is 0 Å². The smallest absolute Gasteiger partial charge is 0.142 e. The van der Waals surface area contributed by atoms with Gasteiger partial charge in [-0.25, -0.2) is 4.39 Å². The predicted molar refractivity (Wildman–Crippen MR) is 82.7 cm³/mol. The summed E-state index contributed by atoms with van der Waals surface area (Å²) < 4.78 is 13.7. The number of nitrogens with two attached hydrogens (primary N) is 1. The van der Waals surface area contributed by atoms with E-state index in [4.69, 9.17) is 17.3 Å². The van der Waals surface area contributed by atoms with E-state index in [1.807, 2.05) is 36.4 Å². The first-order valence-electron chi connectivity index (χ1n) is 6.64. The third-order valence-corrected chi connectivity index (χ3v) is 3.66. The van der Waals surface area contributed by atoms with Crippen LogP contribution in [0.1, 0.15) is 18.5 Å². The normalized spacial score (nSPS) is 12.2. The molecule has 0 saturated carbocycles. The van der Waals surface area contributed by atoms with E-state index in [0.717, 1.165) is 17.8 Å². The summed E-state index contributed by atoms with van der Waals surface area (Å²) in [6.45, 7) is 3.25. The molecule has 20 heavy (non-hydrogen) atoms. The highest BCUT2D eigenvalue weighted by Crippen LogP contribution is 2.28. The van der Waals surface area contributed by atoms with Gasteiger partial charge in [-0.1, -0.05) is 35.9 Å². The van der Waals surface area contributed by atoms with Crippen molar-refractivity contribution in [2.75, 3.05) is 18.0 Å².